The summed E-state index contributed by atoms with van der Waals surface area (Å²) in [6, 6.07) is 5.25. The van der Waals surface area contributed by atoms with Crippen LogP contribution in [0.3, 0.4) is 0 Å². The number of nitro benzene ring substituents is 1. The maximum Gasteiger partial charge on any atom is 0.289 e. The topological polar surface area (TPSA) is 128 Å². The third-order valence-corrected chi connectivity index (χ3v) is 4.79. The van der Waals surface area contributed by atoms with Crippen LogP contribution in [0.4, 0.5) is 5.69 Å². The zero-order chi connectivity index (χ0) is 16.2. The lowest BCUT2D eigenvalue weighted by atomic mass is 10.2. The molecule has 0 aliphatic heterocycles. The van der Waals surface area contributed by atoms with Gasteiger partial charge in [-0.2, -0.15) is 14.8 Å². The number of benzene rings is 1. The number of nitriles is 2. The standard InChI is InChI=1S/C11H9ClN4O4S/c1-8-6-9(12)10(16(17)18)7-11(8)21(19,20)15(4-2-13)5-3-14/h6-7H,4-5H2,1H3. The van der Waals surface area contributed by atoms with Crippen LogP contribution < -0.4 is 0 Å². The number of hydrogen-bond donors (Lipinski definition) is 0. The predicted molar refractivity (Wildman–Crippen MR) is 72.8 cm³/mol. The fraction of sp³-hybridized carbons (Fsp3) is 0.273. The molecule has 1 aromatic carbocycles. The molecule has 110 valence electrons. The summed E-state index contributed by atoms with van der Waals surface area (Å²) in [6.45, 7) is 0.344. The Labute approximate surface area is 126 Å². The summed E-state index contributed by atoms with van der Waals surface area (Å²) >= 11 is 5.69. The van der Waals surface area contributed by atoms with Crippen molar-refractivity contribution in [1.82, 2.24) is 4.31 Å². The molecule has 0 radical (unpaired) electrons. The lowest BCUT2D eigenvalue weighted by Crippen LogP contribution is -2.32. The van der Waals surface area contributed by atoms with Crippen molar-refractivity contribution in [3.63, 3.8) is 0 Å². The minimum atomic E-state index is -4.20. The highest BCUT2D eigenvalue weighted by atomic mass is 35.5. The van der Waals surface area contributed by atoms with Crippen LogP contribution in [-0.2, 0) is 10.0 Å². The average Bonchev–Trinajstić information content (AvgIpc) is 2.37. The van der Waals surface area contributed by atoms with E-state index in [4.69, 9.17) is 22.1 Å². The van der Waals surface area contributed by atoms with E-state index in [1.807, 2.05) is 0 Å². The fourth-order valence-corrected chi connectivity index (χ4v) is 3.33. The number of aryl methyl sites for hydroxylation is 1. The SMILES string of the molecule is Cc1cc(Cl)c([N+](=O)[O-])cc1S(=O)(=O)N(CC#N)CC#N. The number of nitro groups is 1. The van der Waals surface area contributed by atoms with Crippen molar-refractivity contribution in [2.45, 2.75) is 11.8 Å². The summed E-state index contributed by atoms with van der Waals surface area (Å²) in [5.74, 6) is 0. The van der Waals surface area contributed by atoms with Gasteiger partial charge in [0.25, 0.3) is 5.69 Å². The Morgan fingerprint density at radius 3 is 2.29 bits per heavy atom. The highest BCUT2D eigenvalue weighted by Gasteiger charge is 2.29. The third kappa shape index (κ3) is 3.47. The average molecular weight is 329 g/mol. The molecular formula is C11H9ClN4O4S. The number of rotatable bonds is 5. The minimum Gasteiger partial charge on any atom is -0.258 e. The highest BCUT2D eigenvalue weighted by molar-refractivity contribution is 7.89. The molecule has 0 spiro atoms. The molecule has 0 heterocycles. The van der Waals surface area contributed by atoms with Gasteiger partial charge in [-0.25, -0.2) is 8.42 Å². The zero-order valence-corrected chi connectivity index (χ0v) is 12.3. The Kier molecular flexibility index (Phi) is 5.22. The molecule has 0 bridgehead atoms. The quantitative estimate of drug-likeness (QED) is 0.458. The first kappa shape index (κ1) is 16.9. The maximum absolute atomic E-state index is 12.4. The lowest BCUT2D eigenvalue weighted by Gasteiger charge is -2.17. The monoisotopic (exact) mass is 328 g/mol. The summed E-state index contributed by atoms with van der Waals surface area (Å²) < 4.78 is 25.4. The Hall–Kier alpha value is -2.20. The van der Waals surface area contributed by atoms with Crippen LogP contribution in [0.5, 0.6) is 0 Å². The van der Waals surface area contributed by atoms with E-state index in [0.29, 0.717) is 4.31 Å². The van der Waals surface area contributed by atoms with E-state index in [0.717, 1.165) is 12.1 Å². The van der Waals surface area contributed by atoms with E-state index in [2.05, 4.69) is 0 Å². The van der Waals surface area contributed by atoms with Gasteiger partial charge < -0.3 is 0 Å². The van der Waals surface area contributed by atoms with Gasteiger partial charge >= 0.3 is 0 Å². The van der Waals surface area contributed by atoms with Crippen LogP contribution in [0.1, 0.15) is 5.56 Å². The molecular weight excluding hydrogens is 320 g/mol. The molecule has 0 unspecified atom stereocenters. The molecule has 21 heavy (non-hydrogen) atoms. The first-order valence-electron chi connectivity index (χ1n) is 5.44. The van der Waals surface area contributed by atoms with Crippen molar-refractivity contribution in [2.75, 3.05) is 13.1 Å². The predicted octanol–water partition coefficient (Wildman–Crippen LogP) is 1.59. The minimum absolute atomic E-state index is 0.187. The van der Waals surface area contributed by atoms with E-state index >= 15 is 0 Å². The maximum atomic E-state index is 12.4. The number of halogens is 1. The first-order chi connectivity index (χ1) is 9.75. The second-order valence-corrected chi connectivity index (χ2v) is 6.23. The van der Waals surface area contributed by atoms with Gasteiger partial charge in [0, 0.05) is 6.07 Å². The molecule has 0 amide bonds. The number of nitrogens with zero attached hydrogens (tertiary/aromatic N) is 4. The van der Waals surface area contributed by atoms with Crippen LogP contribution in [0.25, 0.3) is 0 Å². The summed E-state index contributed by atoms with van der Waals surface area (Å²) in [5, 5.41) is 27.9. The second kappa shape index (κ2) is 6.50. The van der Waals surface area contributed by atoms with E-state index < -0.39 is 33.7 Å². The summed E-state index contributed by atoms with van der Waals surface area (Å²) in [6.07, 6.45) is 0. The summed E-state index contributed by atoms with van der Waals surface area (Å²) in [7, 11) is -4.20. The summed E-state index contributed by atoms with van der Waals surface area (Å²) in [5.41, 5.74) is -0.374. The van der Waals surface area contributed by atoms with Gasteiger partial charge in [0.05, 0.1) is 22.0 Å². The molecule has 1 rings (SSSR count). The molecule has 0 atom stereocenters. The van der Waals surface area contributed by atoms with Crippen LogP contribution in [-0.4, -0.2) is 30.7 Å². The molecule has 0 saturated carbocycles. The lowest BCUT2D eigenvalue weighted by molar-refractivity contribution is -0.384. The van der Waals surface area contributed by atoms with E-state index in [-0.39, 0.29) is 15.5 Å². The number of hydrogen-bond acceptors (Lipinski definition) is 6. The van der Waals surface area contributed by atoms with E-state index in [9.17, 15) is 18.5 Å². The fourth-order valence-electron chi connectivity index (χ4n) is 1.58. The van der Waals surface area contributed by atoms with Crippen molar-refractivity contribution in [3.8, 4) is 12.1 Å². The van der Waals surface area contributed by atoms with Gasteiger partial charge in [-0.1, -0.05) is 11.6 Å². The van der Waals surface area contributed by atoms with Gasteiger partial charge in [0.15, 0.2) is 0 Å². The van der Waals surface area contributed by atoms with Crippen molar-refractivity contribution in [1.29, 1.82) is 10.5 Å². The Morgan fingerprint density at radius 2 is 1.86 bits per heavy atom. The van der Waals surface area contributed by atoms with Gasteiger partial charge in [0.2, 0.25) is 10.0 Å². The first-order valence-corrected chi connectivity index (χ1v) is 7.26. The van der Waals surface area contributed by atoms with Crippen molar-refractivity contribution in [2.24, 2.45) is 0 Å². The largest absolute Gasteiger partial charge is 0.289 e. The molecule has 8 nitrogen and oxygen atoms in total. The van der Waals surface area contributed by atoms with Crippen LogP contribution >= 0.6 is 11.6 Å². The molecule has 0 N–H and O–H groups in total. The highest BCUT2D eigenvalue weighted by Crippen LogP contribution is 2.31. The van der Waals surface area contributed by atoms with Crippen LogP contribution in [0, 0.1) is 39.7 Å². The molecule has 0 fully saturated rings. The van der Waals surface area contributed by atoms with Crippen LogP contribution in [0.2, 0.25) is 5.02 Å². The molecule has 0 saturated heterocycles. The molecule has 0 aliphatic rings. The Bertz CT molecular complexity index is 748. The molecule has 0 aromatic heterocycles. The zero-order valence-electron chi connectivity index (χ0n) is 10.8. The van der Waals surface area contributed by atoms with Crippen molar-refractivity contribution < 1.29 is 13.3 Å². The van der Waals surface area contributed by atoms with Gasteiger partial charge in [-0.05, 0) is 18.6 Å². The van der Waals surface area contributed by atoms with Crippen molar-refractivity contribution in [3.05, 3.63) is 32.8 Å². The third-order valence-electron chi connectivity index (χ3n) is 2.55. The van der Waals surface area contributed by atoms with Gasteiger partial charge in [-0.15, -0.1) is 0 Å². The van der Waals surface area contributed by atoms with E-state index in [1.54, 1.807) is 12.1 Å². The van der Waals surface area contributed by atoms with Gasteiger partial charge in [0.1, 0.15) is 18.1 Å². The van der Waals surface area contributed by atoms with E-state index in [1.165, 1.54) is 6.92 Å². The van der Waals surface area contributed by atoms with Crippen molar-refractivity contribution >= 4 is 27.3 Å². The molecule has 1 aromatic rings. The molecule has 10 heteroatoms. The normalized spacial score (nSPS) is 10.9. The number of sulfonamides is 1. The smallest absolute Gasteiger partial charge is 0.258 e. The van der Waals surface area contributed by atoms with Gasteiger partial charge in [-0.3, -0.25) is 10.1 Å². The van der Waals surface area contributed by atoms with Crippen LogP contribution in [0.15, 0.2) is 17.0 Å². The Morgan fingerprint density at radius 1 is 1.33 bits per heavy atom. The summed E-state index contributed by atoms with van der Waals surface area (Å²) in [4.78, 5) is 9.68. The second-order valence-electron chi connectivity index (χ2n) is 3.92. The molecule has 0 aliphatic carbocycles. The Balaban J connectivity index is 3.51.